The molecule has 1 aromatic rings. The van der Waals surface area contributed by atoms with Gasteiger partial charge in [-0.3, -0.25) is 9.69 Å². The Morgan fingerprint density at radius 3 is 2.73 bits per heavy atom. The molecule has 0 bridgehead atoms. The minimum absolute atomic E-state index is 0.114. The van der Waals surface area contributed by atoms with Crippen molar-refractivity contribution in [2.45, 2.75) is 38.3 Å². The summed E-state index contributed by atoms with van der Waals surface area (Å²) in [6.45, 7) is 1.44. The van der Waals surface area contributed by atoms with Gasteiger partial charge in [-0.2, -0.15) is 0 Å². The van der Waals surface area contributed by atoms with E-state index in [4.69, 9.17) is 5.11 Å². The fourth-order valence-corrected chi connectivity index (χ4v) is 2.91. The van der Waals surface area contributed by atoms with Crippen molar-refractivity contribution < 1.29 is 18.7 Å². The lowest BCUT2D eigenvalue weighted by Gasteiger charge is -2.23. The van der Waals surface area contributed by atoms with Crippen LogP contribution in [-0.2, 0) is 11.3 Å². The molecular formula is C16H22F2N2O2. The van der Waals surface area contributed by atoms with E-state index in [-0.39, 0.29) is 25.6 Å². The Morgan fingerprint density at radius 2 is 2.05 bits per heavy atom. The van der Waals surface area contributed by atoms with Gasteiger partial charge in [-0.25, -0.2) is 8.78 Å². The maximum absolute atomic E-state index is 13.1. The number of nitrogens with zero attached hydrogens (tertiary/aromatic N) is 1. The summed E-state index contributed by atoms with van der Waals surface area (Å²) >= 11 is 0. The van der Waals surface area contributed by atoms with Gasteiger partial charge in [-0.15, -0.1) is 0 Å². The van der Waals surface area contributed by atoms with Crippen molar-refractivity contribution in [2.24, 2.45) is 0 Å². The number of aliphatic hydroxyl groups is 1. The van der Waals surface area contributed by atoms with Crippen molar-refractivity contribution in [2.75, 3.05) is 19.7 Å². The molecule has 1 fully saturated rings. The van der Waals surface area contributed by atoms with Gasteiger partial charge in [0.15, 0.2) is 0 Å². The van der Waals surface area contributed by atoms with Crippen LogP contribution in [0.5, 0.6) is 0 Å². The summed E-state index contributed by atoms with van der Waals surface area (Å²) < 4.78 is 26.1. The van der Waals surface area contributed by atoms with Crippen LogP contribution in [0.2, 0.25) is 0 Å². The Labute approximate surface area is 129 Å². The highest BCUT2D eigenvalue weighted by atomic mass is 19.1. The summed E-state index contributed by atoms with van der Waals surface area (Å²) in [4.78, 5) is 14.1. The van der Waals surface area contributed by atoms with Gasteiger partial charge in [-0.1, -0.05) is 0 Å². The third-order valence-corrected chi connectivity index (χ3v) is 3.95. The van der Waals surface area contributed by atoms with E-state index in [1.165, 1.54) is 12.1 Å². The van der Waals surface area contributed by atoms with E-state index in [0.717, 1.165) is 38.3 Å². The molecule has 2 rings (SSSR count). The molecule has 0 radical (unpaired) electrons. The van der Waals surface area contributed by atoms with Crippen LogP contribution >= 0.6 is 0 Å². The second kappa shape index (κ2) is 8.19. The number of likely N-dealkylation sites (tertiary alicyclic amines) is 1. The third kappa shape index (κ3) is 5.03. The molecular weight excluding hydrogens is 290 g/mol. The number of rotatable bonds is 7. The molecule has 1 aliphatic rings. The maximum atomic E-state index is 13.1. The molecule has 0 unspecified atom stereocenters. The molecule has 4 nitrogen and oxygen atoms in total. The number of carbonyl (C=O) groups excluding carboxylic acids is 1. The quantitative estimate of drug-likeness (QED) is 0.807. The van der Waals surface area contributed by atoms with Crippen molar-refractivity contribution in [3.05, 3.63) is 35.4 Å². The van der Waals surface area contributed by atoms with Gasteiger partial charge in [0.2, 0.25) is 5.91 Å². The number of carbonyl (C=O) groups is 1. The van der Waals surface area contributed by atoms with Crippen molar-refractivity contribution in [1.29, 1.82) is 0 Å². The van der Waals surface area contributed by atoms with E-state index in [1.807, 2.05) is 0 Å². The number of hydrogen-bond donors (Lipinski definition) is 2. The van der Waals surface area contributed by atoms with Crippen molar-refractivity contribution >= 4 is 5.91 Å². The average Bonchev–Trinajstić information content (AvgIpc) is 2.89. The number of amides is 1. The fraction of sp³-hybridized carbons (Fsp3) is 0.562. The van der Waals surface area contributed by atoms with E-state index in [2.05, 4.69) is 10.2 Å². The van der Waals surface area contributed by atoms with Gasteiger partial charge in [0.25, 0.3) is 0 Å². The second-order valence-electron chi connectivity index (χ2n) is 5.69. The zero-order valence-corrected chi connectivity index (χ0v) is 12.5. The molecule has 2 N–H and O–H groups in total. The smallest absolute Gasteiger partial charge is 0.234 e. The number of halogens is 2. The largest absolute Gasteiger partial charge is 0.396 e. The summed E-state index contributed by atoms with van der Waals surface area (Å²) in [5.41, 5.74) is 0.407. The van der Waals surface area contributed by atoms with E-state index in [9.17, 15) is 13.6 Å². The molecule has 0 aromatic heterocycles. The van der Waals surface area contributed by atoms with Gasteiger partial charge >= 0.3 is 0 Å². The Morgan fingerprint density at radius 1 is 1.32 bits per heavy atom. The highest BCUT2D eigenvalue weighted by Crippen LogP contribution is 2.20. The van der Waals surface area contributed by atoms with Gasteiger partial charge in [0, 0.05) is 25.3 Å². The van der Waals surface area contributed by atoms with Crippen LogP contribution in [0.15, 0.2) is 18.2 Å². The first kappa shape index (κ1) is 16.8. The third-order valence-electron chi connectivity index (χ3n) is 3.95. The summed E-state index contributed by atoms with van der Waals surface area (Å²) in [7, 11) is 0. The molecule has 1 amide bonds. The Kier molecular flexibility index (Phi) is 6.27. The van der Waals surface area contributed by atoms with Crippen molar-refractivity contribution in [3.63, 3.8) is 0 Å². The zero-order valence-electron chi connectivity index (χ0n) is 12.5. The van der Waals surface area contributed by atoms with Gasteiger partial charge < -0.3 is 10.4 Å². The van der Waals surface area contributed by atoms with E-state index >= 15 is 0 Å². The Bertz CT molecular complexity index is 491. The first-order valence-corrected chi connectivity index (χ1v) is 7.65. The maximum Gasteiger partial charge on any atom is 0.234 e. The standard InChI is InChI=1S/C16H22F2N2O2/c17-13-7-12(8-14(18)9-13)10-19-16(22)11-20-5-1-3-15(20)4-2-6-21/h7-9,15,21H,1-6,10-11H2,(H,19,22)/t15-/m0/s1. The first-order chi connectivity index (χ1) is 10.6. The lowest BCUT2D eigenvalue weighted by molar-refractivity contribution is -0.122. The van der Waals surface area contributed by atoms with Crippen LogP contribution in [0.1, 0.15) is 31.2 Å². The topological polar surface area (TPSA) is 52.6 Å². The Hall–Kier alpha value is -1.53. The summed E-state index contributed by atoms with van der Waals surface area (Å²) in [6, 6.07) is 3.57. The normalized spacial score (nSPS) is 18.6. The summed E-state index contributed by atoms with van der Waals surface area (Å²) in [5.74, 6) is -1.44. The lowest BCUT2D eigenvalue weighted by atomic mass is 10.1. The van der Waals surface area contributed by atoms with E-state index in [1.54, 1.807) is 0 Å². The molecule has 1 aromatic carbocycles. The zero-order chi connectivity index (χ0) is 15.9. The number of benzene rings is 1. The minimum Gasteiger partial charge on any atom is -0.396 e. The fourth-order valence-electron chi connectivity index (χ4n) is 2.91. The monoisotopic (exact) mass is 312 g/mol. The van der Waals surface area contributed by atoms with Crippen LogP contribution in [0.4, 0.5) is 8.78 Å². The minimum atomic E-state index is -0.646. The molecule has 1 aliphatic heterocycles. The molecule has 0 saturated carbocycles. The predicted octanol–water partition coefficient (Wildman–Crippen LogP) is 1.82. The molecule has 22 heavy (non-hydrogen) atoms. The molecule has 122 valence electrons. The first-order valence-electron chi connectivity index (χ1n) is 7.65. The van der Waals surface area contributed by atoms with Crippen molar-refractivity contribution in [1.82, 2.24) is 10.2 Å². The van der Waals surface area contributed by atoms with E-state index in [0.29, 0.717) is 11.6 Å². The molecule has 0 aliphatic carbocycles. The number of nitrogens with one attached hydrogen (secondary N) is 1. The van der Waals surface area contributed by atoms with Crippen LogP contribution in [0.3, 0.4) is 0 Å². The predicted molar refractivity (Wildman–Crippen MR) is 79.1 cm³/mol. The van der Waals surface area contributed by atoms with Crippen LogP contribution in [-0.4, -0.2) is 41.7 Å². The van der Waals surface area contributed by atoms with Crippen LogP contribution in [0, 0.1) is 11.6 Å². The van der Waals surface area contributed by atoms with Gasteiger partial charge in [0.05, 0.1) is 6.54 Å². The highest BCUT2D eigenvalue weighted by molar-refractivity contribution is 5.78. The SMILES string of the molecule is O=C(CN1CCC[C@H]1CCCO)NCc1cc(F)cc(F)c1. The summed E-state index contributed by atoms with van der Waals surface area (Å²) in [5, 5.41) is 11.6. The second-order valence-corrected chi connectivity index (χ2v) is 5.69. The highest BCUT2D eigenvalue weighted by Gasteiger charge is 2.25. The van der Waals surface area contributed by atoms with Crippen molar-refractivity contribution in [3.8, 4) is 0 Å². The van der Waals surface area contributed by atoms with Gasteiger partial charge in [-0.05, 0) is 49.9 Å². The van der Waals surface area contributed by atoms with Gasteiger partial charge in [0.1, 0.15) is 11.6 Å². The molecule has 0 spiro atoms. The molecule has 1 atom stereocenters. The molecule has 6 heteroatoms. The molecule has 1 saturated heterocycles. The average molecular weight is 312 g/mol. The van der Waals surface area contributed by atoms with Crippen LogP contribution < -0.4 is 5.32 Å². The Balaban J connectivity index is 1.79. The number of hydrogen-bond acceptors (Lipinski definition) is 3. The number of aliphatic hydroxyl groups excluding tert-OH is 1. The lowest BCUT2D eigenvalue weighted by Crippen LogP contribution is -2.39. The molecule has 1 heterocycles. The van der Waals surface area contributed by atoms with Crippen LogP contribution in [0.25, 0.3) is 0 Å². The van der Waals surface area contributed by atoms with E-state index < -0.39 is 11.6 Å². The summed E-state index contributed by atoms with van der Waals surface area (Å²) in [6.07, 6.45) is 3.73.